The molecule has 0 bridgehead atoms. The fraction of sp³-hybridized carbons (Fsp3) is 0.889. The maximum absolute atomic E-state index is 13.8. The molecule has 5 heteroatoms. The maximum atomic E-state index is 13.8. The van der Waals surface area contributed by atoms with Gasteiger partial charge in [0.25, 0.3) is 0 Å². The van der Waals surface area contributed by atoms with E-state index in [-0.39, 0.29) is 28.9 Å². The molecule has 0 aromatic heterocycles. The molecule has 9 atom stereocenters. The van der Waals surface area contributed by atoms with Gasteiger partial charge in [-0.15, -0.1) is 0 Å². The summed E-state index contributed by atoms with van der Waals surface area (Å²) in [4.78, 5) is 37.0. The molecule has 0 unspecified atom stereocenters. The number of methoxy groups -OCH3 is 1. The first kappa shape index (κ1) is 23.8. The van der Waals surface area contributed by atoms with Crippen LogP contribution in [0, 0.1) is 46.3 Å². The highest BCUT2D eigenvalue weighted by Crippen LogP contribution is 2.67. The third kappa shape index (κ3) is 3.81. The Morgan fingerprint density at radius 1 is 1.09 bits per heavy atom. The molecule has 5 nitrogen and oxygen atoms in total. The fourth-order valence-corrected chi connectivity index (χ4v) is 8.86. The van der Waals surface area contributed by atoms with E-state index in [9.17, 15) is 14.4 Å². The zero-order valence-electron chi connectivity index (χ0n) is 20.7. The second kappa shape index (κ2) is 8.76. The predicted octanol–water partition coefficient (Wildman–Crippen LogP) is 5.35. The van der Waals surface area contributed by atoms with Gasteiger partial charge < -0.3 is 9.47 Å². The van der Waals surface area contributed by atoms with Gasteiger partial charge in [-0.25, -0.2) is 0 Å². The van der Waals surface area contributed by atoms with Gasteiger partial charge in [0.05, 0.1) is 7.11 Å². The zero-order chi connectivity index (χ0) is 23.3. The number of ether oxygens (including phenoxy) is 2. The first-order chi connectivity index (χ1) is 15.1. The Hall–Kier alpha value is -1.39. The molecule has 0 aromatic rings. The number of hydrogen-bond donors (Lipinski definition) is 0. The molecule has 4 saturated carbocycles. The lowest BCUT2D eigenvalue weighted by Crippen LogP contribution is -2.57. The van der Waals surface area contributed by atoms with Crippen LogP contribution >= 0.6 is 0 Å². The molecule has 32 heavy (non-hydrogen) atoms. The number of hydrogen-bond acceptors (Lipinski definition) is 5. The van der Waals surface area contributed by atoms with Gasteiger partial charge in [-0.2, -0.15) is 0 Å². The van der Waals surface area contributed by atoms with Crippen molar-refractivity contribution < 1.29 is 23.9 Å². The first-order valence-electron chi connectivity index (χ1n) is 12.9. The lowest BCUT2D eigenvalue weighted by molar-refractivity contribution is -0.167. The molecule has 4 aliphatic carbocycles. The second-order valence-electron chi connectivity index (χ2n) is 11.8. The number of carbonyl (C=O) groups excluding carboxylic acids is 3. The smallest absolute Gasteiger partial charge is 0.305 e. The SMILES string of the molecule is COC(=O)CC[C@H](C)[C@H]1CC[C@H]2[C@@H]3CC[C@@H]4C[C@H](OC(C)=O)CC[C@]4(C)[C@H]3CC(=O)[C@]12C. The van der Waals surface area contributed by atoms with Crippen LogP contribution in [-0.2, 0) is 23.9 Å². The van der Waals surface area contributed by atoms with Gasteiger partial charge in [-0.05, 0) is 92.3 Å². The van der Waals surface area contributed by atoms with Crippen molar-refractivity contribution in [2.75, 3.05) is 7.11 Å². The van der Waals surface area contributed by atoms with Gasteiger partial charge in [-0.1, -0.05) is 20.8 Å². The van der Waals surface area contributed by atoms with E-state index < -0.39 is 0 Å². The van der Waals surface area contributed by atoms with Crippen LogP contribution in [0.4, 0.5) is 0 Å². The molecule has 0 aromatic carbocycles. The number of Topliss-reactive ketones (excluding diaryl/α,β-unsaturated/α-hetero) is 1. The number of esters is 2. The summed E-state index contributed by atoms with van der Waals surface area (Å²) in [6, 6.07) is 0. The number of ketones is 1. The van der Waals surface area contributed by atoms with E-state index >= 15 is 0 Å². The summed E-state index contributed by atoms with van der Waals surface area (Å²) in [5, 5.41) is 0. The van der Waals surface area contributed by atoms with Crippen molar-refractivity contribution in [3.05, 3.63) is 0 Å². The van der Waals surface area contributed by atoms with Gasteiger partial charge in [0, 0.05) is 25.2 Å². The summed E-state index contributed by atoms with van der Waals surface area (Å²) in [5.74, 6) is 3.00. The minimum atomic E-state index is -0.241. The third-order valence-corrected chi connectivity index (χ3v) is 10.6. The van der Waals surface area contributed by atoms with E-state index in [0.717, 1.165) is 38.5 Å². The average Bonchev–Trinajstić information content (AvgIpc) is 3.11. The van der Waals surface area contributed by atoms with E-state index in [2.05, 4.69) is 20.8 Å². The molecule has 4 rings (SSSR count). The minimum absolute atomic E-state index is 0.0539. The van der Waals surface area contributed by atoms with E-state index in [1.807, 2.05) is 0 Å². The molecule has 0 aliphatic heterocycles. The van der Waals surface area contributed by atoms with Crippen molar-refractivity contribution in [3.63, 3.8) is 0 Å². The van der Waals surface area contributed by atoms with E-state index in [0.29, 0.717) is 54.1 Å². The van der Waals surface area contributed by atoms with Crippen LogP contribution in [0.5, 0.6) is 0 Å². The summed E-state index contributed by atoms with van der Waals surface area (Å²) in [5.41, 5.74) is -0.0556. The second-order valence-corrected chi connectivity index (χ2v) is 11.8. The van der Waals surface area contributed by atoms with Crippen molar-refractivity contribution in [2.45, 2.75) is 98.0 Å². The van der Waals surface area contributed by atoms with Crippen molar-refractivity contribution in [1.29, 1.82) is 0 Å². The van der Waals surface area contributed by atoms with Crippen LogP contribution in [0.2, 0.25) is 0 Å². The van der Waals surface area contributed by atoms with Gasteiger partial charge in [0.2, 0.25) is 0 Å². The predicted molar refractivity (Wildman–Crippen MR) is 122 cm³/mol. The molecule has 0 heterocycles. The normalized spacial score (nSPS) is 44.1. The summed E-state index contributed by atoms with van der Waals surface area (Å²) >= 11 is 0. The average molecular weight is 447 g/mol. The Kier molecular flexibility index (Phi) is 6.50. The van der Waals surface area contributed by atoms with Crippen molar-refractivity contribution in [1.82, 2.24) is 0 Å². The maximum Gasteiger partial charge on any atom is 0.305 e. The van der Waals surface area contributed by atoms with Crippen LogP contribution in [-0.4, -0.2) is 30.9 Å². The van der Waals surface area contributed by atoms with Gasteiger partial charge in [0.1, 0.15) is 11.9 Å². The number of fused-ring (bicyclic) bond motifs is 5. The molecule has 0 amide bonds. The molecule has 0 saturated heterocycles. The van der Waals surface area contributed by atoms with E-state index in [1.54, 1.807) is 0 Å². The largest absolute Gasteiger partial charge is 0.469 e. The summed E-state index contributed by atoms with van der Waals surface area (Å²) in [6.07, 6.45) is 9.61. The van der Waals surface area contributed by atoms with Crippen LogP contribution in [0.1, 0.15) is 91.9 Å². The van der Waals surface area contributed by atoms with Crippen molar-refractivity contribution in [2.24, 2.45) is 46.3 Å². The zero-order valence-corrected chi connectivity index (χ0v) is 20.7. The molecule has 0 spiro atoms. The Morgan fingerprint density at radius 2 is 1.84 bits per heavy atom. The van der Waals surface area contributed by atoms with Crippen LogP contribution in [0.15, 0.2) is 0 Å². The lowest BCUT2D eigenvalue weighted by atomic mass is 9.44. The number of rotatable bonds is 5. The van der Waals surface area contributed by atoms with Crippen molar-refractivity contribution in [3.8, 4) is 0 Å². The Bertz CT molecular complexity index is 761. The van der Waals surface area contributed by atoms with E-state index in [4.69, 9.17) is 9.47 Å². The Balaban J connectivity index is 1.50. The Morgan fingerprint density at radius 3 is 2.53 bits per heavy atom. The topological polar surface area (TPSA) is 69.7 Å². The molecule has 180 valence electrons. The highest BCUT2D eigenvalue weighted by atomic mass is 16.5. The Labute approximate surface area is 193 Å². The van der Waals surface area contributed by atoms with Gasteiger partial charge in [0.15, 0.2) is 0 Å². The van der Waals surface area contributed by atoms with E-state index in [1.165, 1.54) is 26.9 Å². The molecule has 4 aliphatic rings. The van der Waals surface area contributed by atoms with Crippen LogP contribution in [0.25, 0.3) is 0 Å². The molecular weight excluding hydrogens is 404 g/mol. The van der Waals surface area contributed by atoms with Gasteiger partial charge in [-0.3, -0.25) is 14.4 Å². The quantitative estimate of drug-likeness (QED) is 0.533. The first-order valence-corrected chi connectivity index (χ1v) is 12.9. The number of carbonyl (C=O) groups is 3. The monoisotopic (exact) mass is 446 g/mol. The molecule has 0 radical (unpaired) electrons. The third-order valence-electron chi connectivity index (χ3n) is 10.6. The van der Waals surface area contributed by atoms with Crippen LogP contribution < -0.4 is 0 Å². The minimum Gasteiger partial charge on any atom is -0.469 e. The standard InChI is InChI=1S/C27H42O5/c1-16(6-11-25(30)31-5)21-9-10-22-20-8-7-18-14-19(32-17(2)28)12-13-26(18,3)23(20)15-24(29)27(21,22)4/h16,18-23H,6-15H2,1-5H3/t16-,18+,19+,20-,21+,22-,23-,26-,27+/m0/s1. The summed E-state index contributed by atoms with van der Waals surface area (Å²) in [7, 11) is 1.45. The van der Waals surface area contributed by atoms with Gasteiger partial charge >= 0.3 is 11.9 Å². The molecule has 4 fully saturated rings. The van der Waals surface area contributed by atoms with Crippen molar-refractivity contribution >= 4 is 17.7 Å². The lowest BCUT2D eigenvalue weighted by Gasteiger charge is -2.60. The summed E-state index contributed by atoms with van der Waals surface area (Å²) in [6.45, 7) is 8.43. The summed E-state index contributed by atoms with van der Waals surface area (Å²) < 4.78 is 10.4. The van der Waals surface area contributed by atoms with Crippen LogP contribution in [0.3, 0.4) is 0 Å². The highest BCUT2D eigenvalue weighted by molar-refractivity contribution is 5.87. The molecule has 0 N–H and O–H groups in total. The molecular formula is C27H42O5. The fourth-order valence-electron chi connectivity index (χ4n) is 8.86. The highest BCUT2D eigenvalue weighted by Gasteiger charge is 2.64.